The normalized spacial score (nSPS) is 17.9. The number of hydrogen-bond donors (Lipinski definition) is 0. The molecule has 0 spiro atoms. The summed E-state index contributed by atoms with van der Waals surface area (Å²) in [6.07, 6.45) is 21.2. The van der Waals surface area contributed by atoms with Crippen LogP contribution in [-0.2, 0) is 24.5 Å². The number of fused-ring (bicyclic) bond motifs is 1. The minimum atomic E-state index is -0.517. The van der Waals surface area contributed by atoms with Gasteiger partial charge >= 0.3 is 11.9 Å². The third-order valence-corrected chi connectivity index (χ3v) is 9.83. The molecule has 0 aliphatic carbocycles. The average Bonchev–Trinajstić information content (AvgIpc) is 3.23. The number of carbonyl (C=O) groups excluding carboxylic acids is 2. The van der Waals surface area contributed by atoms with Gasteiger partial charge in [-0.3, -0.25) is 9.59 Å². The van der Waals surface area contributed by atoms with E-state index in [9.17, 15) is 9.59 Å². The molecule has 0 amide bonds. The first kappa shape index (κ1) is 38.5. The van der Waals surface area contributed by atoms with E-state index >= 15 is 0 Å². The second kappa shape index (κ2) is 17.3. The highest BCUT2D eigenvalue weighted by atomic mass is 16.5. The van der Waals surface area contributed by atoms with Gasteiger partial charge in [-0.25, -0.2) is 0 Å². The highest BCUT2D eigenvalue weighted by Crippen LogP contribution is 2.50. The maximum absolute atomic E-state index is 12.0. The molecule has 6 heteroatoms. The van der Waals surface area contributed by atoms with Crippen LogP contribution in [0.1, 0.15) is 93.6 Å². The van der Waals surface area contributed by atoms with Crippen molar-refractivity contribution in [3.8, 4) is 12.3 Å². The summed E-state index contributed by atoms with van der Waals surface area (Å²) in [5.41, 5.74) is 3.73. The molecule has 0 aromatic heterocycles. The topological polar surface area (TPSA) is 59.1 Å². The average molecular weight is 631 g/mol. The van der Waals surface area contributed by atoms with Crippen molar-refractivity contribution in [2.24, 2.45) is 10.8 Å². The molecule has 0 N–H and O–H groups in total. The first-order chi connectivity index (χ1) is 21.7. The van der Waals surface area contributed by atoms with Crippen molar-refractivity contribution >= 4 is 17.6 Å². The van der Waals surface area contributed by atoms with Crippen molar-refractivity contribution in [2.75, 3.05) is 38.3 Å². The lowest BCUT2D eigenvalue weighted by molar-refractivity contribution is -0.144. The molecule has 252 valence electrons. The van der Waals surface area contributed by atoms with Gasteiger partial charge in [0.05, 0.1) is 24.7 Å². The zero-order valence-electron chi connectivity index (χ0n) is 30.1. The lowest BCUT2D eigenvalue weighted by atomic mass is 9.61. The van der Waals surface area contributed by atoms with E-state index in [1.807, 2.05) is 20.8 Å². The van der Waals surface area contributed by atoms with Crippen molar-refractivity contribution in [3.63, 3.8) is 0 Å². The van der Waals surface area contributed by atoms with Gasteiger partial charge in [-0.15, -0.1) is 6.42 Å². The standard InChI is InChI=1S/C40H58N2O4/c1-12-31(5)40(10,13-2)39(8,9)35(41(11)29-21-27-36(43)45-14-3)26-18-16-17-25-34-38(6,7)32-23-19-20-24-33(32)42(34)30-22-28-37(44)46-15-4/h2,12,16-20,23-26,34H,14-15,21-22,27-30H2,1,3-11H3/b18-16+,25-17+,31-12+,35-26+. The Hall–Kier alpha value is -3.72. The summed E-state index contributed by atoms with van der Waals surface area (Å²) in [6.45, 7) is 21.1. The van der Waals surface area contributed by atoms with Crippen LogP contribution in [0.5, 0.6) is 0 Å². The molecule has 0 fully saturated rings. The summed E-state index contributed by atoms with van der Waals surface area (Å²) in [5, 5.41) is 0. The second-order valence-electron chi connectivity index (χ2n) is 13.3. The van der Waals surface area contributed by atoms with Crippen molar-refractivity contribution in [2.45, 2.75) is 99.5 Å². The molecule has 2 atom stereocenters. The molecule has 1 aliphatic rings. The van der Waals surface area contributed by atoms with Crippen molar-refractivity contribution in [1.29, 1.82) is 0 Å². The molecule has 1 aliphatic heterocycles. The number of para-hydroxylation sites is 1. The van der Waals surface area contributed by atoms with Crippen molar-refractivity contribution in [1.82, 2.24) is 4.90 Å². The van der Waals surface area contributed by atoms with Gasteiger partial charge in [0.15, 0.2) is 0 Å². The number of rotatable bonds is 17. The molecule has 0 saturated heterocycles. The molecule has 1 aromatic carbocycles. The molecule has 46 heavy (non-hydrogen) atoms. The lowest BCUT2D eigenvalue weighted by Crippen LogP contribution is -2.42. The Kier molecular flexibility index (Phi) is 14.4. The van der Waals surface area contributed by atoms with E-state index in [2.05, 4.69) is 125 Å². The molecule has 2 unspecified atom stereocenters. The number of ether oxygens (including phenoxy) is 2. The van der Waals surface area contributed by atoms with Crippen LogP contribution in [-0.4, -0.2) is 56.2 Å². The molecule has 0 saturated carbocycles. The molecule has 2 rings (SSSR count). The van der Waals surface area contributed by atoms with Gasteiger partial charge in [0.1, 0.15) is 0 Å². The van der Waals surface area contributed by atoms with E-state index in [0.717, 1.165) is 24.2 Å². The number of allylic oxidation sites excluding steroid dienone is 7. The molecular formula is C40H58N2O4. The number of carbonyl (C=O) groups is 2. The van der Waals surface area contributed by atoms with E-state index in [1.54, 1.807) is 0 Å². The fraction of sp³-hybridized carbons (Fsp3) is 0.550. The zero-order chi connectivity index (χ0) is 34.5. The van der Waals surface area contributed by atoms with Crippen LogP contribution in [0.15, 0.2) is 72.0 Å². The summed E-state index contributed by atoms with van der Waals surface area (Å²) < 4.78 is 10.3. The smallest absolute Gasteiger partial charge is 0.305 e. The highest BCUT2D eigenvalue weighted by Gasteiger charge is 2.45. The summed E-state index contributed by atoms with van der Waals surface area (Å²) in [4.78, 5) is 28.7. The van der Waals surface area contributed by atoms with Crippen LogP contribution >= 0.6 is 0 Å². The fourth-order valence-corrected chi connectivity index (χ4v) is 6.54. The van der Waals surface area contributed by atoms with Crippen LogP contribution in [0.4, 0.5) is 5.69 Å². The Balaban J connectivity index is 2.39. The summed E-state index contributed by atoms with van der Waals surface area (Å²) in [6, 6.07) is 8.69. The van der Waals surface area contributed by atoms with Gasteiger partial charge in [0.2, 0.25) is 0 Å². The third kappa shape index (κ3) is 8.96. The predicted molar refractivity (Wildman–Crippen MR) is 191 cm³/mol. The summed E-state index contributed by atoms with van der Waals surface area (Å²) >= 11 is 0. The maximum atomic E-state index is 12.0. The number of nitrogens with zero attached hydrogens (tertiary/aromatic N) is 2. The highest BCUT2D eigenvalue weighted by molar-refractivity contribution is 5.70. The number of anilines is 1. The van der Waals surface area contributed by atoms with E-state index in [1.165, 1.54) is 11.3 Å². The predicted octanol–water partition coefficient (Wildman–Crippen LogP) is 8.40. The van der Waals surface area contributed by atoms with Gasteiger partial charge in [0, 0.05) is 55.2 Å². The van der Waals surface area contributed by atoms with Crippen molar-refractivity contribution in [3.05, 3.63) is 77.6 Å². The molecule has 0 radical (unpaired) electrons. The van der Waals surface area contributed by atoms with Gasteiger partial charge in [-0.2, -0.15) is 0 Å². The Morgan fingerprint density at radius 3 is 2.22 bits per heavy atom. The molecule has 1 heterocycles. The van der Waals surface area contributed by atoms with E-state index in [0.29, 0.717) is 39.0 Å². The van der Waals surface area contributed by atoms with E-state index < -0.39 is 10.8 Å². The minimum Gasteiger partial charge on any atom is -0.466 e. The van der Waals surface area contributed by atoms with E-state index in [4.69, 9.17) is 15.9 Å². The van der Waals surface area contributed by atoms with E-state index in [-0.39, 0.29) is 23.4 Å². The Labute approximate surface area is 279 Å². The Morgan fingerprint density at radius 2 is 1.63 bits per heavy atom. The van der Waals surface area contributed by atoms with Crippen molar-refractivity contribution < 1.29 is 19.1 Å². The lowest BCUT2D eigenvalue weighted by Gasteiger charge is -2.46. The number of hydrogen-bond acceptors (Lipinski definition) is 6. The fourth-order valence-electron chi connectivity index (χ4n) is 6.54. The molecule has 1 aromatic rings. The van der Waals surface area contributed by atoms with Crippen LogP contribution in [0.3, 0.4) is 0 Å². The van der Waals surface area contributed by atoms with Gasteiger partial charge < -0.3 is 19.3 Å². The minimum absolute atomic E-state index is 0.106. The van der Waals surface area contributed by atoms with Gasteiger partial charge in [-0.05, 0) is 65.2 Å². The molecule has 0 bridgehead atoms. The summed E-state index contributed by atoms with van der Waals surface area (Å²) in [5.74, 6) is 2.79. The maximum Gasteiger partial charge on any atom is 0.305 e. The largest absolute Gasteiger partial charge is 0.466 e. The monoisotopic (exact) mass is 630 g/mol. The Morgan fingerprint density at radius 1 is 1.02 bits per heavy atom. The van der Waals surface area contributed by atoms with Crippen LogP contribution in [0.25, 0.3) is 0 Å². The van der Waals surface area contributed by atoms with Crippen LogP contribution in [0, 0.1) is 23.2 Å². The van der Waals surface area contributed by atoms with Gasteiger partial charge in [-0.1, -0.05) is 87.8 Å². The first-order valence-electron chi connectivity index (χ1n) is 16.8. The van der Waals surface area contributed by atoms with Gasteiger partial charge in [0.25, 0.3) is 0 Å². The quantitative estimate of drug-likeness (QED) is 0.0746. The molecule has 6 nitrogen and oxygen atoms in total. The second-order valence-corrected chi connectivity index (χ2v) is 13.3. The van der Waals surface area contributed by atoms with Crippen LogP contribution in [0.2, 0.25) is 0 Å². The third-order valence-electron chi connectivity index (χ3n) is 9.83. The first-order valence-corrected chi connectivity index (χ1v) is 16.8. The molecular weight excluding hydrogens is 572 g/mol. The summed E-state index contributed by atoms with van der Waals surface area (Å²) in [7, 11) is 2.07. The Bertz CT molecular complexity index is 1340. The SMILES string of the molecule is C#CC(C)(/C(C)=C/C)C(C)(C)\C(=C/C=C/C=C/C1N(CCCC(=O)OCC)c2ccccc2C1(C)C)N(C)CCCC(=O)OCC. The number of esters is 2. The number of benzene rings is 1. The number of terminal acetylenes is 1. The van der Waals surface area contributed by atoms with Crippen LogP contribution < -0.4 is 4.90 Å². The zero-order valence-corrected chi connectivity index (χ0v) is 30.1.